The molecule has 0 radical (unpaired) electrons. The predicted octanol–water partition coefficient (Wildman–Crippen LogP) is 1.29. The summed E-state index contributed by atoms with van der Waals surface area (Å²) in [5, 5.41) is 20.2. The van der Waals surface area contributed by atoms with Crippen LogP contribution < -0.4 is 5.32 Å². The molecule has 18 heavy (non-hydrogen) atoms. The van der Waals surface area contributed by atoms with Crippen molar-refractivity contribution in [1.29, 1.82) is 0 Å². The average Bonchev–Trinajstić information content (AvgIpc) is 2.71. The van der Waals surface area contributed by atoms with E-state index < -0.39 is 0 Å². The van der Waals surface area contributed by atoms with Gasteiger partial charge in [-0.2, -0.15) is 0 Å². The molecule has 1 heterocycles. The van der Waals surface area contributed by atoms with Crippen LogP contribution in [0.5, 0.6) is 0 Å². The van der Waals surface area contributed by atoms with Gasteiger partial charge in [0.05, 0.1) is 18.8 Å². The highest BCUT2D eigenvalue weighted by Crippen LogP contribution is 2.19. The van der Waals surface area contributed by atoms with E-state index >= 15 is 0 Å². The molecule has 1 aromatic heterocycles. The highest BCUT2D eigenvalue weighted by atomic mass is 16.3. The molecule has 2 N–H and O–H groups in total. The Kier molecular flexibility index (Phi) is 6.29. The Hall–Kier alpha value is -0.940. The minimum atomic E-state index is 0.0962. The smallest absolute Gasteiger partial charge is 0.0964 e. The zero-order valence-corrected chi connectivity index (χ0v) is 11.9. The van der Waals surface area contributed by atoms with Crippen molar-refractivity contribution in [3.05, 3.63) is 11.9 Å². The van der Waals surface area contributed by atoms with E-state index in [2.05, 4.69) is 43.3 Å². The van der Waals surface area contributed by atoms with Gasteiger partial charge in [0.2, 0.25) is 0 Å². The van der Waals surface area contributed by atoms with Gasteiger partial charge in [0.25, 0.3) is 0 Å². The Bertz CT molecular complexity index is 327. The Morgan fingerprint density at radius 1 is 1.28 bits per heavy atom. The van der Waals surface area contributed by atoms with Gasteiger partial charge in [0.1, 0.15) is 0 Å². The van der Waals surface area contributed by atoms with Crippen molar-refractivity contribution in [2.75, 3.05) is 13.2 Å². The van der Waals surface area contributed by atoms with Gasteiger partial charge in [0.15, 0.2) is 0 Å². The Morgan fingerprint density at radius 3 is 2.50 bits per heavy atom. The molecule has 0 spiro atoms. The maximum atomic E-state index is 8.80. The molecule has 104 valence electrons. The monoisotopic (exact) mass is 254 g/mol. The lowest BCUT2D eigenvalue weighted by molar-refractivity contribution is 0.268. The molecule has 0 aliphatic carbocycles. The first-order valence-corrected chi connectivity index (χ1v) is 6.75. The molecular weight excluding hydrogens is 228 g/mol. The van der Waals surface area contributed by atoms with Crippen LogP contribution in [0.1, 0.15) is 33.4 Å². The highest BCUT2D eigenvalue weighted by molar-refractivity contribution is 4.91. The molecule has 5 nitrogen and oxygen atoms in total. The molecule has 0 saturated heterocycles. The van der Waals surface area contributed by atoms with Crippen molar-refractivity contribution in [3.63, 3.8) is 0 Å². The van der Waals surface area contributed by atoms with E-state index in [9.17, 15) is 0 Å². The Morgan fingerprint density at radius 2 is 1.94 bits per heavy atom. The summed E-state index contributed by atoms with van der Waals surface area (Å²) in [7, 11) is 0. The van der Waals surface area contributed by atoms with Crippen molar-refractivity contribution in [2.24, 2.45) is 17.8 Å². The number of aliphatic hydroxyl groups excluding tert-OH is 1. The lowest BCUT2D eigenvalue weighted by atomic mass is 9.85. The number of rotatable bonds is 8. The second-order valence-electron chi connectivity index (χ2n) is 5.48. The second-order valence-corrected chi connectivity index (χ2v) is 5.48. The number of aliphatic hydroxyl groups is 1. The first-order chi connectivity index (χ1) is 8.54. The van der Waals surface area contributed by atoms with Gasteiger partial charge in [-0.05, 0) is 24.3 Å². The summed E-state index contributed by atoms with van der Waals surface area (Å²) in [6.45, 7) is 11.4. The minimum absolute atomic E-state index is 0.0962. The zero-order valence-electron chi connectivity index (χ0n) is 11.9. The van der Waals surface area contributed by atoms with Gasteiger partial charge >= 0.3 is 0 Å². The SMILES string of the molecule is CC(C)C(CNCc1cn(CCO)nn1)C(C)C. The molecule has 5 heteroatoms. The van der Waals surface area contributed by atoms with E-state index in [1.54, 1.807) is 4.68 Å². The van der Waals surface area contributed by atoms with Crippen molar-refractivity contribution < 1.29 is 5.11 Å². The Labute approximate surface area is 110 Å². The van der Waals surface area contributed by atoms with Gasteiger partial charge in [0, 0.05) is 12.7 Å². The summed E-state index contributed by atoms with van der Waals surface area (Å²) >= 11 is 0. The van der Waals surface area contributed by atoms with Crippen LogP contribution in [-0.4, -0.2) is 33.3 Å². The van der Waals surface area contributed by atoms with Crippen LogP contribution in [0.4, 0.5) is 0 Å². The third kappa shape index (κ3) is 4.74. The van der Waals surface area contributed by atoms with Gasteiger partial charge in [-0.3, -0.25) is 0 Å². The predicted molar refractivity (Wildman–Crippen MR) is 72.0 cm³/mol. The summed E-state index contributed by atoms with van der Waals surface area (Å²) in [5.74, 6) is 2.04. The molecule has 0 aliphatic heterocycles. The second kappa shape index (κ2) is 7.48. The van der Waals surface area contributed by atoms with E-state index in [1.165, 1.54) is 0 Å². The zero-order chi connectivity index (χ0) is 13.5. The summed E-state index contributed by atoms with van der Waals surface area (Å²) in [5.41, 5.74) is 0.926. The van der Waals surface area contributed by atoms with Gasteiger partial charge in [-0.25, -0.2) is 4.68 Å². The van der Waals surface area contributed by atoms with Crippen molar-refractivity contribution in [1.82, 2.24) is 20.3 Å². The maximum Gasteiger partial charge on any atom is 0.0964 e. The van der Waals surface area contributed by atoms with E-state index in [-0.39, 0.29) is 6.61 Å². The molecule has 0 aromatic carbocycles. The van der Waals surface area contributed by atoms with Crippen LogP contribution in [-0.2, 0) is 13.1 Å². The molecule has 0 bridgehead atoms. The van der Waals surface area contributed by atoms with Crippen molar-refractivity contribution >= 4 is 0 Å². The van der Waals surface area contributed by atoms with Crippen LogP contribution in [0.15, 0.2) is 6.20 Å². The number of hydrogen-bond donors (Lipinski definition) is 2. The lowest BCUT2D eigenvalue weighted by Crippen LogP contribution is -2.29. The van der Waals surface area contributed by atoms with E-state index in [0.717, 1.165) is 18.8 Å². The van der Waals surface area contributed by atoms with Gasteiger partial charge in [-0.1, -0.05) is 32.9 Å². The third-order valence-electron chi connectivity index (χ3n) is 3.31. The maximum absolute atomic E-state index is 8.80. The normalized spacial score (nSPS) is 12.0. The van der Waals surface area contributed by atoms with Crippen LogP contribution in [0.2, 0.25) is 0 Å². The molecule has 0 atom stereocenters. The third-order valence-corrected chi connectivity index (χ3v) is 3.31. The van der Waals surface area contributed by atoms with Crippen molar-refractivity contribution in [3.8, 4) is 0 Å². The molecular formula is C13H26N4O. The molecule has 0 fully saturated rings. The van der Waals surface area contributed by atoms with E-state index in [1.807, 2.05) is 6.20 Å². The van der Waals surface area contributed by atoms with E-state index in [0.29, 0.717) is 24.3 Å². The summed E-state index contributed by atoms with van der Waals surface area (Å²) in [4.78, 5) is 0. The standard InChI is InChI=1S/C13H26N4O/c1-10(2)13(11(3)4)8-14-7-12-9-17(5-6-18)16-15-12/h9-11,13-14,18H,5-8H2,1-4H3. The quantitative estimate of drug-likeness (QED) is 0.734. The number of aromatic nitrogens is 3. The highest BCUT2D eigenvalue weighted by Gasteiger charge is 2.16. The molecule has 0 saturated carbocycles. The fourth-order valence-corrected chi connectivity index (χ4v) is 2.24. The van der Waals surface area contributed by atoms with Crippen LogP contribution in [0.25, 0.3) is 0 Å². The number of nitrogens with zero attached hydrogens (tertiary/aromatic N) is 3. The van der Waals surface area contributed by atoms with Gasteiger partial charge < -0.3 is 10.4 Å². The molecule has 0 unspecified atom stereocenters. The number of hydrogen-bond acceptors (Lipinski definition) is 4. The minimum Gasteiger partial charge on any atom is -0.394 e. The summed E-state index contributed by atoms with van der Waals surface area (Å²) in [6, 6.07) is 0. The van der Waals surface area contributed by atoms with Crippen LogP contribution in [0.3, 0.4) is 0 Å². The Balaban J connectivity index is 2.35. The molecule has 0 amide bonds. The fraction of sp³-hybridized carbons (Fsp3) is 0.846. The van der Waals surface area contributed by atoms with Crippen molar-refractivity contribution in [2.45, 2.75) is 40.8 Å². The molecule has 1 rings (SSSR count). The number of nitrogens with one attached hydrogen (secondary N) is 1. The topological polar surface area (TPSA) is 63.0 Å². The largest absolute Gasteiger partial charge is 0.394 e. The first-order valence-electron chi connectivity index (χ1n) is 6.75. The van der Waals surface area contributed by atoms with Crippen LogP contribution in [0, 0.1) is 17.8 Å². The first kappa shape index (κ1) is 15.1. The van der Waals surface area contributed by atoms with E-state index in [4.69, 9.17) is 5.11 Å². The molecule has 1 aromatic rings. The van der Waals surface area contributed by atoms with Gasteiger partial charge in [-0.15, -0.1) is 5.10 Å². The average molecular weight is 254 g/mol. The summed E-state index contributed by atoms with van der Waals surface area (Å²) < 4.78 is 1.67. The summed E-state index contributed by atoms with van der Waals surface area (Å²) in [6.07, 6.45) is 1.88. The van der Waals surface area contributed by atoms with Crippen LogP contribution >= 0.6 is 0 Å². The molecule has 0 aliphatic rings. The fourth-order valence-electron chi connectivity index (χ4n) is 2.24. The lowest BCUT2D eigenvalue weighted by Gasteiger charge is -2.24.